The van der Waals surface area contributed by atoms with Crippen LogP contribution in [0.5, 0.6) is 0 Å². The van der Waals surface area contributed by atoms with Crippen LogP contribution in [0.1, 0.15) is 0 Å². The van der Waals surface area contributed by atoms with Crippen molar-refractivity contribution in [3.8, 4) is 5.69 Å². The minimum absolute atomic E-state index is 0.744. The molecule has 0 saturated carbocycles. The summed E-state index contributed by atoms with van der Waals surface area (Å²) in [6, 6.07) is 11.4. The molecule has 0 radical (unpaired) electrons. The van der Waals surface area contributed by atoms with Gasteiger partial charge in [0, 0.05) is 17.3 Å². The van der Waals surface area contributed by atoms with Gasteiger partial charge in [0.25, 0.3) is 0 Å². The molecule has 0 saturated heterocycles. The average Bonchev–Trinajstić information content (AvgIpc) is 2.74. The van der Waals surface area contributed by atoms with Crippen molar-refractivity contribution in [2.45, 2.75) is 0 Å². The van der Waals surface area contributed by atoms with Gasteiger partial charge in [0.15, 0.2) is 5.65 Å². The zero-order valence-corrected chi connectivity index (χ0v) is 8.54. The summed E-state index contributed by atoms with van der Waals surface area (Å²) in [6.07, 6.45) is 3.57. The summed E-state index contributed by atoms with van der Waals surface area (Å²) in [5.41, 5.74) is 8.21. The lowest BCUT2D eigenvalue weighted by molar-refractivity contribution is 0.897. The van der Waals surface area contributed by atoms with E-state index in [1.807, 2.05) is 36.4 Å². The lowest BCUT2D eigenvalue weighted by atomic mass is 10.3. The van der Waals surface area contributed by atoms with Gasteiger partial charge < -0.3 is 5.73 Å². The second-order valence-corrected chi connectivity index (χ2v) is 3.56. The quantitative estimate of drug-likeness (QED) is 0.625. The number of fused-ring (bicyclic) bond motifs is 1. The Kier molecular flexibility index (Phi) is 1.86. The number of anilines is 1. The summed E-state index contributed by atoms with van der Waals surface area (Å²) in [5, 5.41) is 5.34. The third-order valence-electron chi connectivity index (χ3n) is 2.47. The number of pyridine rings is 1. The van der Waals surface area contributed by atoms with Gasteiger partial charge in [-0.2, -0.15) is 5.10 Å². The van der Waals surface area contributed by atoms with Crippen LogP contribution in [0, 0.1) is 0 Å². The van der Waals surface area contributed by atoms with E-state index >= 15 is 0 Å². The molecule has 4 heteroatoms. The first kappa shape index (κ1) is 8.91. The van der Waals surface area contributed by atoms with Crippen LogP contribution >= 0.6 is 0 Å². The van der Waals surface area contributed by atoms with E-state index in [1.54, 1.807) is 17.1 Å². The van der Waals surface area contributed by atoms with Crippen molar-refractivity contribution in [2.75, 3.05) is 5.73 Å². The fraction of sp³-hybridized carbons (Fsp3) is 0. The van der Waals surface area contributed by atoms with Gasteiger partial charge in [0.05, 0.1) is 11.9 Å². The molecule has 0 bridgehead atoms. The van der Waals surface area contributed by atoms with Crippen molar-refractivity contribution in [3.05, 3.63) is 48.8 Å². The van der Waals surface area contributed by atoms with Gasteiger partial charge in [0.1, 0.15) is 0 Å². The largest absolute Gasteiger partial charge is 0.399 e. The summed E-state index contributed by atoms with van der Waals surface area (Å²) in [4.78, 5) is 4.31. The highest BCUT2D eigenvalue weighted by atomic mass is 15.3. The molecule has 16 heavy (non-hydrogen) atoms. The van der Waals surface area contributed by atoms with Crippen LogP contribution < -0.4 is 5.73 Å². The summed E-state index contributed by atoms with van der Waals surface area (Å²) in [6.45, 7) is 0. The maximum atomic E-state index is 5.65. The van der Waals surface area contributed by atoms with E-state index in [9.17, 15) is 0 Å². The van der Waals surface area contributed by atoms with E-state index in [1.165, 1.54) is 0 Å². The van der Waals surface area contributed by atoms with Gasteiger partial charge in [-0.15, -0.1) is 0 Å². The van der Waals surface area contributed by atoms with E-state index in [0.717, 1.165) is 22.4 Å². The third-order valence-corrected chi connectivity index (χ3v) is 2.47. The number of hydrogen-bond acceptors (Lipinski definition) is 3. The second kappa shape index (κ2) is 3.34. The number of nitrogens with two attached hydrogens (primary N) is 1. The Morgan fingerprint density at radius 2 is 1.88 bits per heavy atom. The zero-order valence-electron chi connectivity index (χ0n) is 8.54. The van der Waals surface area contributed by atoms with E-state index in [-0.39, 0.29) is 0 Å². The first-order valence-electron chi connectivity index (χ1n) is 4.99. The Morgan fingerprint density at radius 3 is 2.69 bits per heavy atom. The minimum atomic E-state index is 0.744. The number of rotatable bonds is 1. The van der Waals surface area contributed by atoms with Crippen LogP contribution in [0.15, 0.2) is 48.8 Å². The molecule has 0 unspecified atom stereocenters. The Morgan fingerprint density at radius 1 is 1.06 bits per heavy atom. The molecule has 1 aromatic carbocycles. The molecular weight excluding hydrogens is 200 g/mol. The lowest BCUT2D eigenvalue weighted by Crippen LogP contribution is -1.97. The molecule has 2 aromatic heterocycles. The predicted molar refractivity (Wildman–Crippen MR) is 63.3 cm³/mol. The van der Waals surface area contributed by atoms with Gasteiger partial charge in [-0.05, 0) is 36.4 Å². The van der Waals surface area contributed by atoms with Gasteiger partial charge in [-0.1, -0.05) is 0 Å². The minimum Gasteiger partial charge on any atom is -0.399 e. The van der Waals surface area contributed by atoms with Crippen LogP contribution in [0.3, 0.4) is 0 Å². The van der Waals surface area contributed by atoms with Crippen LogP contribution in [-0.4, -0.2) is 14.8 Å². The van der Waals surface area contributed by atoms with Gasteiger partial charge >= 0.3 is 0 Å². The topological polar surface area (TPSA) is 56.7 Å². The molecule has 78 valence electrons. The Balaban J connectivity index is 2.22. The Bertz CT molecular complexity index is 625. The summed E-state index contributed by atoms with van der Waals surface area (Å²) in [7, 11) is 0. The number of nitrogens with zero attached hydrogens (tertiary/aromatic N) is 3. The van der Waals surface area contributed by atoms with Crippen LogP contribution in [0.2, 0.25) is 0 Å². The number of nitrogen functional groups attached to an aromatic ring is 1. The molecule has 0 atom stereocenters. The number of benzene rings is 1. The maximum Gasteiger partial charge on any atom is 0.162 e. The summed E-state index contributed by atoms with van der Waals surface area (Å²) in [5.74, 6) is 0. The molecule has 2 heterocycles. The molecule has 0 fully saturated rings. The molecule has 3 aromatic rings. The third kappa shape index (κ3) is 1.32. The first-order chi connectivity index (χ1) is 7.84. The molecule has 0 spiro atoms. The highest BCUT2D eigenvalue weighted by molar-refractivity contribution is 5.75. The molecule has 0 aliphatic heterocycles. The van der Waals surface area contributed by atoms with E-state index in [2.05, 4.69) is 10.1 Å². The molecule has 3 rings (SSSR count). The highest BCUT2D eigenvalue weighted by Gasteiger charge is 2.04. The molecule has 0 aliphatic rings. The van der Waals surface area contributed by atoms with Crippen LogP contribution in [0.4, 0.5) is 5.69 Å². The van der Waals surface area contributed by atoms with Crippen molar-refractivity contribution >= 4 is 16.7 Å². The summed E-state index contributed by atoms with van der Waals surface area (Å²) >= 11 is 0. The van der Waals surface area contributed by atoms with Gasteiger partial charge in [-0.3, -0.25) is 0 Å². The van der Waals surface area contributed by atoms with Crippen molar-refractivity contribution in [3.63, 3.8) is 0 Å². The average molecular weight is 210 g/mol. The number of hydrogen-bond donors (Lipinski definition) is 1. The van der Waals surface area contributed by atoms with Gasteiger partial charge in [0.2, 0.25) is 0 Å². The molecule has 4 nitrogen and oxygen atoms in total. The highest BCUT2D eigenvalue weighted by Crippen LogP contribution is 2.16. The Hall–Kier alpha value is -2.36. The van der Waals surface area contributed by atoms with Crippen molar-refractivity contribution in [1.29, 1.82) is 0 Å². The van der Waals surface area contributed by atoms with Crippen molar-refractivity contribution in [1.82, 2.24) is 14.8 Å². The van der Waals surface area contributed by atoms with E-state index in [0.29, 0.717) is 0 Å². The summed E-state index contributed by atoms with van der Waals surface area (Å²) < 4.78 is 1.80. The number of aromatic nitrogens is 3. The van der Waals surface area contributed by atoms with E-state index < -0.39 is 0 Å². The normalized spacial score (nSPS) is 10.8. The van der Waals surface area contributed by atoms with Crippen LogP contribution in [-0.2, 0) is 0 Å². The fourth-order valence-corrected chi connectivity index (χ4v) is 1.67. The molecule has 2 N–H and O–H groups in total. The smallest absolute Gasteiger partial charge is 0.162 e. The zero-order chi connectivity index (χ0) is 11.0. The predicted octanol–water partition coefficient (Wildman–Crippen LogP) is 2.00. The lowest BCUT2D eigenvalue weighted by Gasteiger charge is -2.02. The maximum absolute atomic E-state index is 5.65. The Labute approximate surface area is 92.3 Å². The van der Waals surface area contributed by atoms with Crippen LogP contribution in [0.25, 0.3) is 16.7 Å². The SMILES string of the molecule is Nc1ccc(-n2ncc3cccnc32)cc1. The van der Waals surface area contributed by atoms with E-state index in [4.69, 9.17) is 5.73 Å². The monoisotopic (exact) mass is 210 g/mol. The molecule has 0 amide bonds. The molecular formula is C12H10N4. The van der Waals surface area contributed by atoms with Crippen molar-refractivity contribution in [2.24, 2.45) is 0 Å². The standard InChI is InChI=1S/C12H10N4/c13-10-3-5-11(6-4-10)16-12-9(8-15-16)2-1-7-14-12/h1-8H,13H2. The fourth-order valence-electron chi connectivity index (χ4n) is 1.67. The van der Waals surface area contributed by atoms with Crippen molar-refractivity contribution < 1.29 is 0 Å². The molecule has 0 aliphatic carbocycles. The van der Waals surface area contributed by atoms with Gasteiger partial charge in [-0.25, -0.2) is 9.67 Å². The second-order valence-electron chi connectivity index (χ2n) is 3.56. The first-order valence-corrected chi connectivity index (χ1v) is 4.99.